The zero-order chi connectivity index (χ0) is 28.3. The summed E-state index contributed by atoms with van der Waals surface area (Å²) in [5.41, 5.74) is 1.83. The number of benzene rings is 4. The van der Waals surface area contributed by atoms with Gasteiger partial charge in [0.05, 0.1) is 12.4 Å². The molecule has 4 aromatic rings. The Labute approximate surface area is 236 Å². The molecule has 202 valence electrons. The molecule has 0 heterocycles. The molecule has 0 aliphatic rings. The lowest BCUT2D eigenvalue weighted by molar-refractivity contribution is -0.145. The lowest BCUT2D eigenvalue weighted by atomic mass is 10.0. The molecule has 0 spiro atoms. The normalized spacial score (nSPS) is 11.1. The zero-order valence-electron chi connectivity index (χ0n) is 21.9. The molecule has 0 saturated heterocycles. The van der Waals surface area contributed by atoms with Crippen molar-refractivity contribution in [1.29, 1.82) is 0 Å². The van der Waals surface area contributed by atoms with Crippen LogP contribution in [0, 0.1) is 0 Å². The molecule has 0 radical (unpaired) electrons. The summed E-state index contributed by atoms with van der Waals surface area (Å²) in [6, 6.07) is 29.2. The first-order valence-corrected chi connectivity index (χ1v) is 13.7. The van der Waals surface area contributed by atoms with Crippen LogP contribution < -0.4 is 10.6 Å². The van der Waals surface area contributed by atoms with Gasteiger partial charge in [-0.05, 0) is 65.7 Å². The highest BCUT2D eigenvalue weighted by Crippen LogP contribution is 2.23. The number of amides is 2. The average Bonchev–Trinajstić information content (AvgIpc) is 2.97. The van der Waals surface area contributed by atoms with Gasteiger partial charge in [-0.25, -0.2) is 0 Å². The first-order chi connectivity index (χ1) is 19.4. The van der Waals surface area contributed by atoms with Gasteiger partial charge in [-0.2, -0.15) is 0 Å². The summed E-state index contributed by atoms with van der Waals surface area (Å²) in [6.45, 7) is 1.93. The smallest absolute Gasteiger partial charge is 0.313 e. The Morgan fingerprint density at radius 2 is 1.52 bits per heavy atom. The fourth-order valence-electron chi connectivity index (χ4n) is 3.90. The van der Waals surface area contributed by atoms with Crippen LogP contribution in [0.25, 0.3) is 16.8 Å². The first-order valence-electron chi connectivity index (χ1n) is 12.7. The molecule has 4 aromatic carbocycles. The molecule has 0 atom stereocenters. The summed E-state index contributed by atoms with van der Waals surface area (Å²) in [5, 5.41) is 7.57. The quantitative estimate of drug-likeness (QED) is 0.105. The maximum atomic E-state index is 13.4. The van der Waals surface area contributed by atoms with E-state index in [9.17, 15) is 19.2 Å². The van der Waals surface area contributed by atoms with Gasteiger partial charge < -0.3 is 15.4 Å². The Kier molecular flexibility index (Phi) is 9.85. The topological polar surface area (TPSA) is 102 Å². The average molecular weight is 553 g/mol. The molecular formula is C32H28N2O5S. The van der Waals surface area contributed by atoms with Crippen LogP contribution in [0.5, 0.6) is 0 Å². The van der Waals surface area contributed by atoms with Gasteiger partial charge in [0.25, 0.3) is 11.8 Å². The van der Waals surface area contributed by atoms with E-state index in [4.69, 9.17) is 4.74 Å². The highest BCUT2D eigenvalue weighted by atomic mass is 32.2. The minimum atomic E-state index is -0.530. The molecule has 7 nitrogen and oxygen atoms in total. The molecule has 8 heteroatoms. The maximum Gasteiger partial charge on any atom is 0.313 e. The van der Waals surface area contributed by atoms with Gasteiger partial charge in [0.1, 0.15) is 12.1 Å². The lowest BCUT2D eigenvalue weighted by Gasteiger charge is -2.12. The summed E-state index contributed by atoms with van der Waals surface area (Å²) in [6.07, 6.45) is 1.41. The summed E-state index contributed by atoms with van der Waals surface area (Å²) in [5.74, 6) is -1.51. The monoisotopic (exact) mass is 552 g/mol. The molecule has 2 N–H and O–H groups in total. The second-order valence-corrected chi connectivity index (χ2v) is 9.78. The zero-order valence-corrected chi connectivity index (χ0v) is 22.7. The second-order valence-electron chi connectivity index (χ2n) is 8.73. The molecule has 0 unspecified atom stereocenters. The number of nitrogens with one attached hydrogen (secondary N) is 2. The van der Waals surface area contributed by atoms with E-state index < -0.39 is 17.8 Å². The van der Waals surface area contributed by atoms with E-state index in [0.717, 1.165) is 21.2 Å². The second kappa shape index (κ2) is 13.9. The van der Waals surface area contributed by atoms with Crippen LogP contribution in [0.15, 0.2) is 108 Å². The Morgan fingerprint density at radius 3 is 2.27 bits per heavy atom. The van der Waals surface area contributed by atoms with Crippen molar-refractivity contribution in [2.24, 2.45) is 0 Å². The van der Waals surface area contributed by atoms with Crippen molar-refractivity contribution < 1.29 is 23.9 Å². The van der Waals surface area contributed by atoms with E-state index >= 15 is 0 Å². The van der Waals surface area contributed by atoms with Gasteiger partial charge in [0.2, 0.25) is 0 Å². The highest BCUT2D eigenvalue weighted by Gasteiger charge is 2.16. The molecule has 0 bridgehead atoms. The van der Waals surface area contributed by atoms with Crippen molar-refractivity contribution >= 4 is 57.9 Å². The SMILES string of the molecule is CCOC(=O)CC(=O)CSc1ccc(NC(=O)/C(=C/c2cccc3ccccc23)NC(=O)c2ccccc2)cc1. The molecular weight excluding hydrogens is 524 g/mol. The number of fused-ring (bicyclic) bond motifs is 1. The van der Waals surface area contributed by atoms with Crippen molar-refractivity contribution in [2.45, 2.75) is 18.2 Å². The highest BCUT2D eigenvalue weighted by molar-refractivity contribution is 8.00. The minimum Gasteiger partial charge on any atom is -0.466 e. The number of anilines is 1. The molecule has 0 aliphatic carbocycles. The molecule has 40 heavy (non-hydrogen) atoms. The third-order valence-electron chi connectivity index (χ3n) is 5.81. The van der Waals surface area contributed by atoms with Crippen LogP contribution in [0.2, 0.25) is 0 Å². The molecule has 0 fully saturated rings. The van der Waals surface area contributed by atoms with Crippen molar-refractivity contribution in [3.05, 3.63) is 114 Å². The minimum absolute atomic E-state index is 0.0909. The third-order valence-corrected chi connectivity index (χ3v) is 6.88. The predicted molar refractivity (Wildman–Crippen MR) is 158 cm³/mol. The summed E-state index contributed by atoms with van der Waals surface area (Å²) in [4.78, 5) is 50.6. The molecule has 0 saturated carbocycles. The van der Waals surface area contributed by atoms with Crippen molar-refractivity contribution in [3.8, 4) is 0 Å². The van der Waals surface area contributed by atoms with Gasteiger partial charge in [-0.3, -0.25) is 19.2 Å². The van der Waals surface area contributed by atoms with Crippen LogP contribution in [0.3, 0.4) is 0 Å². The van der Waals surface area contributed by atoms with Crippen LogP contribution in [-0.2, 0) is 19.1 Å². The summed E-state index contributed by atoms with van der Waals surface area (Å²) >= 11 is 1.29. The molecule has 2 amide bonds. The van der Waals surface area contributed by atoms with Crippen LogP contribution in [0.1, 0.15) is 29.3 Å². The fraction of sp³-hybridized carbons (Fsp3) is 0.125. The van der Waals surface area contributed by atoms with Crippen LogP contribution in [0.4, 0.5) is 5.69 Å². The Balaban J connectivity index is 1.50. The Hall–Kier alpha value is -4.69. The fourth-order valence-corrected chi connectivity index (χ4v) is 4.65. The number of esters is 1. The molecule has 0 aromatic heterocycles. The van der Waals surface area contributed by atoms with E-state index in [1.807, 2.05) is 48.5 Å². The van der Waals surface area contributed by atoms with Gasteiger partial charge in [-0.1, -0.05) is 60.7 Å². The van der Waals surface area contributed by atoms with E-state index in [1.165, 1.54) is 11.8 Å². The van der Waals surface area contributed by atoms with E-state index in [1.54, 1.807) is 61.5 Å². The lowest BCUT2D eigenvalue weighted by Crippen LogP contribution is -2.30. The van der Waals surface area contributed by atoms with Crippen LogP contribution in [-0.4, -0.2) is 35.9 Å². The number of ketones is 1. The van der Waals surface area contributed by atoms with Gasteiger partial charge >= 0.3 is 5.97 Å². The van der Waals surface area contributed by atoms with E-state index in [-0.39, 0.29) is 30.3 Å². The number of ether oxygens (including phenoxy) is 1. The Morgan fingerprint density at radius 1 is 0.825 bits per heavy atom. The Bertz CT molecular complexity index is 1540. The number of carbonyl (C=O) groups is 4. The number of hydrogen-bond acceptors (Lipinski definition) is 6. The number of carbonyl (C=O) groups excluding carboxylic acids is 4. The predicted octanol–water partition coefficient (Wildman–Crippen LogP) is 5.86. The third kappa shape index (κ3) is 7.91. The molecule has 4 rings (SSSR count). The largest absolute Gasteiger partial charge is 0.466 e. The summed E-state index contributed by atoms with van der Waals surface area (Å²) < 4.78 is 4.80. The van der Waals surface area contributed by atoms with E-state index in [0.29, 0.717) is 11.3 Å². The number of thioether (sulfide) groups is 1. The van der Waals surface area contributed by atoms with Gasteiger partial charge in [0, 0.05) is 16.1 Å². The van der Waals surface area contributed by atoms with Crippen molar-refractivity contribution in [3.63, 3.8) is 0 Å². The van der Waals surface area contributed by atoms with Crippen molar-refractivity contribution in [1.82, 2.24) is 5.32 Å². The number of hydrogen-bond donors (Lipinski definition) is 2. The van der Waals surface area contributed by atoms with Gasteiger partial charge in [-0.15, -0.1) is 11.8 Å². The summed E-state index contributed by atoms with van der Waals surface area (Å²) in [7, 11) is 0. The van der Waals surface area contributed by atoms with Gasteiger partial charge in [0.15, 0.2) is 5.78 Å². The van der Waals surface area contributed by atoms with E-state index in [2.05, 4.69) is 10.6 Å². The van der Waals surface area contributed by atoms with Crippen LogP contribution >= 0.6 is 11.8 Å². The number of Topliss-reactive ketones (excluding diaryl/α,β-unsaturated/α-hetero) is 1. The van der Waals surface area contributed by atoms with Crippen molar-refractivity contribution in [2.75, 3.05) is 17.7 Å². The first kappa shape index (κ1) is 28.3. The standard InChI is InChI=1S/C32H28N2O5S/c1-2-39-30(36)20-26(35)21-40-27-17-15-25(16-18-27)33-32(38)29(34-31(37)23-10-4-3-5-11-23)19-24-13-8-12-22-9-6-7-14-28(22)24/h3-19H,2,20-21H2,1H3,(H,33,38)(H,34,37)/b29-19-. The number of rotatable bonds is 11. The molecule has 0 aliphatic heterocycles. The maximum absolute atomic E-state index is 13.4.